The van der Waals surface area contributed by atoms with Crippen LogP contribution in [0.4, 0.5) is 0 Å². The summed E-state index contributed by atoms with van der Waals surface area (Å²) >= 11 is 0. The monoisotopic (exact) mass is 686 g/mol. The second-order valence-electron chi connectivity index (χ2n) is 10.7. The maximum Gasteiger partial charge on any atom is 2.00 e. The predicted molar refractivity (Wildman–Crippen MR) is 186 cm³/mol. The van der Waals surface area contributed by atoms with Gasteiger partial charge in [0.15, 0.2) is 0 Å². The third-order valence-corrected chi connectivity index (χ3v) is 7.50. The largest absolute Gasteiger partial charge is 2.00 e. The third-order valence-electron chi connectivity index (χ3n) is 7.50. The topological polar surface area (TPSA) is 18.5 Å². The van der Waals surface area contributed by atoms with E-state index in [2.05, 4.69) is 113 Å². The summed E-state index contributed by atoms with van der Waals surface area (Å²) in [6.07, 6.45) is 5.43. The maximum absolute atomic E-state index is 5.23. The zero-order valence-corrected chi connectivity index (χ0v) is 30.5. The standard InChI is InChI=1S/2C19H19O.C3H6.2ClH.Ti/c2*1-3-5-14-12-16-6-4-7-18(19(16)13-14)15-8-10-17(20-2)11-9-15;1-3-2;;;/h2*4,6-13H,3,5H2,1-2H3;1-3H2;2*1H;/q2*-1;-2;;;+2/p-2. The van der Waals surface area contributed by atoms with Crippen molar-refractivity contribution in [1.29, 1.82) is 0 Å². The van der Waals surface area contributed by atoms with Crippen LogP contribution >= 0.6 is 0 Å². The molecule has 242 valence electrons. The Morgan fingerprint density at radius 1 is 0.565 bits per heavy atom. The first-order chi connectivity index (χ1) is 21.0. The number of methoxy groups -OCH3 is 2. The molecule has 0 bridgehead atoms. The zero-order valence-electron chi connectivity index (χ0n) is 27.4. The number of hydrogen-bond acceptors (Lipinski definition) is 2. The van der Waals surface area contributed by atoms with E-state index in [1.165, 1.54) is 67.8 Å². The third kappa shape index (κ3) is 10.5. The van der Waals surface area contributed by atoms with E-state index >= 15 is 0 Å². The van der Waals surface area contributed by atoms with E-state index in [9.17, 15) is 0 Å². The van der Waals surface area contributed by atoms with Crippen LogP contribution < -0.4 is 34.3 Å². The van der Waals surface area contributed by atoms with Crippen molar-refractivity contribution < 1.29 is 56.0 Å². The molecule has 0 saturated heterocycles. The van der Waals surface area contributed by atoms with Gasteiger partial charge in [0.25, 0.3) is 0 Å². The molecular weight excluding hydrogens is 643 g/mol. The van der Waals surface area contributed by atoms with Crippen molar-refractivity contribution in [2.45, 2.75) is 46.0 Å². The van der Waals surface area contributed by atoms with E-state index in [1.807, 2.05) is 24.3 Å². The van der Waals surface area contributed by atoms with Gasteiger partial charge < -0.3 is 54.6 Å². The van der Waals surface area contributed by atoms with Gasteiger partial charge in [-0.25, -0.2) is 0 Å². The van der Waals surface area contributed by atoms with Crippen molar-refractivity contribution in [2.75, 3.05) is 14.2 Å². The molecule has 0 unspecified atom stereocenters. The second kappa shape index (κ2) is 21.0. The maximum atomic E-state index is 5.23. The van der Waals surface area contributed by atoms with Crippen LogP contribution in [0.5, 0.6) is 11.5 Å². The smallest absolute Gasteiger partial charge is 1.00 e. The molecule has 0 spiro atoms. The van der Waals surface area contributed by atoms with Crippen LogP contribution in [0.1, 0.15) is 44.2 Å². The summed E-state index contributed by atoms with van der Waals surface area (Å²) in [5, 5.41) is 5.37. The zero-order chi connectivity index (χ0) is 30.6. The number of rotatable bonds is 8. The van der Waals surface area contributed by atoms with Gasteiger partial charge >= 0.3 is 21.7 Å². The average Bonchev–Trinajstić information content (AvgIpc) is 3.65. The molecular formula is C41H44Cl2O2Ti-4. The Bertz CT molecular complexity index is 1570. The predicted octanol–water partition coefficient (Wildman–Crippen LogP) is 5.42. The summed E-state index contributed by atoms with van der Waals surface area (Å²) in [5.41, 5.74) is 7.95. The SMILES string of the molecule is CCCc1cc2c(-c3ccc(OC)cc3)cccc2[cH-]1.CCCc1cc2c(-c3ccc(OC)cc3)cccc2[cH-]1.[CH2-]C[CH2-].[Cl-].[Cl-].[Ti+2]. The number of benzene rings is 4. The first-order valence-corrected chi connectivity index (χ1v) is 15.3. The van der Waals surface area contributed by atoms with Gasteiger partial charge in [0, 0.05) is 0 Å². The van der Waals surface area contributed by atoms with Gasteiger partial charge in [-0.3, -0.25) is 0 Å². The van der Waals surface area contributed by atoms with Gasteiger partial charge in [0.05, 0.1) is 14.2 Å². The van der Waals surface area contributed by atoms with Gasteiger partial charge in [-0.1, -0.05) is 74.2 Å². The van der Waals surface area contributed by atoms with Gasteiger partial charge in [-0.2, -0.15) is 12.1 Å². The van der Waals surface area contributed by atoms with Crippen LogP contribution in [0.2, 0.25) is 0 Å². The number of aryl methyl sites for hydroxylation is 2. The van der Waals surface area contributed by atoms with E-state index < -0.39 is 0 Å². The summed E-state index contributed by atoms with van der Waals surface area (Å²) in [5.74, 6) is 1.80. The number of ether oxygens (including phenoxy) is 2. The molecule has 0 aliphatic carbocycles. The van der Waals surface area contributed by atoms with Crippen LogP contribution in [0.25, 0.3) is 43.8 Å². The van der Waals surface area contributed by atoms with Crippen molar-refractivity contribution >= 4 is 21.5 Å². The van der Waals surface area contributed by atoms with Gasteiger partial charge in [-0.05, 0) is 48.2 Å². The van der Waals surface area contributed by atoms with Crippen molar-refractivity contribution in [3.63, 3.8) is 0 Å². The van der Waals surface area contributed by atoms with Crippen LogP contribution in [-0.4, -0.2) is 14.2 Å². The van der Waals surface area contributed by atoms with Crippen molar-refractivity contribution in [2.24, 2.45) is 0 Å². The quantitative estimate of drug-likeness (QED) is 0.157. The fourth-order valence-corrected chi connectivity index (χ4v) is 5.50. The van der Waals surface area contributed by atoms with Crippen LogP contribution in [0, 0.1) is 13.8 Å². The van der Waals surface area contributed by atoms with Gasteiger partial charge in [-0.15, -0.1) is 69.1 Å². The van der Waals surface area contributed by atoms with E-state index in [0.717, 1.165) is 30.8 Å². The number of halogens is 2. The molecule has 6 aromatic carbocycles. The molecule has 0 aliphatic rings. The fraction of sp³-hybridized carbons (Fsp3) is 0.220. The van der Waals surface area contributed by atoms with E-state index in [1.54, 1.807) is 14.2 Å². The Morgan fingerprint density at radius 2 is 0.913 bits per heavy atom. The summed E-state index contributed by atoms with van der Waals surface area (Å²) in [4.78, 5) is 0. The summed E-state index contributed by atoms with van der Waals surface area (Å²) in [7, 11) is 3.40. The minimum Gasteiger partial charge on any atom is -1.00 e. The van der Waals surface area contributed by atoms with Crippen LogP contribution in [0.3, 0.4) is 0 Å². The normalized spacial score (nSPS) is 9.87. The molecule has 0 fully saturated rings. The van der Waals surface area contributed by atoms with Gasteiger partial charge in [0.2, 0.25) is 0 Å². The minimum absolute atomic E-state index is 0. The van der Waals surface area contributed by atoms with Gasteiger partial charge in [0.1, 0.15) is 11.5 Å². The molecule has 46 heavy (non-hydrogen) atoms. The summed E-state index contributed by atoms with van der Waals surface area (Å²) in [6, 6.07) is 38.9. The molecule has 2 nitrogen and oxygen atoms in total. The molecule has 0 saturated carbocycles. The van der Waals surface area contributed by atoms with Crippen molar-refractivity contribution in [1.82, 2.24) is 0 Å². The molecule has 0 N–H and O–H groups in total. The van der Waals surface area contributed by atoms with E-state index in [0.29, 0.717) is 0 Å². The van der Waals surface area contributed by atoms with E-state index in [4.69, 9.17) is 9.47 Å². The first kappa shape index (κ1) is 41.0. The van der Waals surface area contributed by atoms with E-state index in [-0.39, 0.29) is 46.5 Å². The molecule has 0 aliphatic heterocycles. The summed E-state index contributed by atoms with van der Waals surface area (Å²) < 4.78 is 10.5. The first-order valence-electron chi connectivity index (χ1n) is 15.3. The Balaban J connectivity index is 0.000000400. The Hall–Kier alpha value is -3.01. The Kier molecular flexibility index (Phi) is 18.7. The summed E-state index contributed by atoms with van der Waals surface area (Å²) in [6.45, 7) is 11.2. The average molecular weight is 688 g/mol. The number of hydrogen-bond donors (Lipinski definition) is 0. The molecule has 6 rings (SSSR count). The van der Waals surface area contributed by atoms with Crippen LogP contribution in [0.15, 0.2) is 109 Å². The molecule has 0 aromatic heterocycles. The molecule has 6 aromatic rings. The molecule has 0 atom stereocenters. The molecule has 0 heterocycles. The number of fused-ring (bicyclic) bond motifs is 2. The van der Waals surface area contributed by atoms with Crippen molar-refractivity contribution in [3.05, 3.63) is 134 Å². The molecule has 5 heteroatoms. The Labute approximate surface area is 304 Å². The van der Waals surface area contributed by atoms with Crippen molar-refractivity contribution in [3.8, 4) is 33.8 Å². The Morgan fingerprint density at radius 3 is 1.22 bits per heavy atom. The fourth-order valence-electron chi connectivity index (χ4n) is 5.50. The molecule has 0 radical (unpaired) electrons. The minimum atomic E-state index is 0. The molecule has 0 amide bonds. The van der Waals surface area contributed by atoms with Crippen LogP contribution in [-0.2, 0) is 34.6 Å². The second-order valence-corrected chi connectivity index (χ2v) is 10.7.